The molecule has 0 aromatic carbocycles. The first-order chi connectivity index (χ1) is 8.50. The highest BCUT2D eigenvalue weighted by Gasteiger charge is 2.29. The Morgan fingerprint density at radius 2 is 2.00 bits per heavy atom. The molecule has 18 heavy (non-hydrogen) atoms. The fourth-order valence-electron chi connectivity index (χ4n) is 2.57. The molecule has 0 aromatic heterocycles. The molecule has 1 aliphatic heterocycles. The molecule has 0 aliphatic carbocycles. The Morgan fingerprint density at radius 3 is 2.44 bits per heavy atom. The minimum atomic E-state index is -0.402. The molecule has 104 valence electrons. The van der Waals surface area contributed by atoms with Gasteiger partial charge in [-0.1, -0.05) is 6.92 Å². The van der Waals surface area contributed by atoms with E-state index in [1.807, 2.05) is 6.92 Å². The van der Waals surface area contributed by atoms with Crippen LogP contribution in [0.5, 0.6) is 0 Å². The molecule has 0 radical (unpaired) electrons. The van der Waals surface area contributed by atoms with Crippen LogP contribution in [0.15, 0.2) is 0 Å². The maximum absolute atomic E-state index is 9.34. The van der Waals surface area contributed by atoms with Gasteiger partial charge in [0.15, 0.2) is 0 Å². The van der Waals surface area contributed by atoms with Crippen molar-refractivity contribution in [3.8, 4) is 6.07 Å². The maximum atomic E-state index is 9.34. The smallest absolute Gasteiger partial charge is 0.116 e. The summed E-state index contributed by atoms with van der Waals surface area (Å²) in [6.07, 6.45) is 3.49. The van der Waals surface area contributed by atoms with E-state index in [2.05, 4.69) is 42.2 Å². The molecule has 1 atom stereocenters. The second-order valence-electron chi connectivity index (χ2n) is 5.84. The fourth-order valence-corrected chi connectivity index (χ4v) is 2.57. The van der Waals surface area contributed by atoms with Gasteiger partial charge in [-0.15, -0.1) is 0 Å². The van der Waals surface area contributed by atoms with Crippen molar-refractivity contribution in [3.63, 3.8) is 0 Å². The molecule has 1 aliphatic rings. The molecule has 4 nitrogen and oxygen atoms in total. The summed E-state index contributed by atoms with van der Waals surface area (Å²) in [6.45, 7) is 8.11. The Bertz CT molecular complexity index is 276. The van der Waals surface area contributed by atoms with Crippen molar-refractivity contribution < 1.29 is 0 Å². The van der Waals surface area contributed by atoms with Crippen molar-refractivity contribution in [2.75, 3.05) is 40.3 Å². The van der Waals surface area contributed by atoms with Crippen LogP contribution in [-0.4, -0.2) is 61.7 Å². The molecule has 1 unspecified atom stereocenters. The van der Waals surface area contributed by atoms with Crippen molar-refractivity contribution >= 4 is 0 Å². The zero-order valence-electron chi connectivity index (χ0n) is 12.4. The average Bonchev–Trinajstić information content (AvgIpc) is 2.37. The van der Waals surface area contributed by atoms with Gasteiger partial charge in [0, 0.05) is 12.6 Å². The minimum absolute atomic E-state index is 0.402. The summed E-state index contributed by atoms with van der Waals surface area (Å²) in [5, 5.41) is 12.7. The summed E-state index contributed by atoms with van der Waals surface area (Å²) in [5.74, 6) is 0. The van der Waals surface area contributed by atoms with Gasteiger partial charge in [0.1, 0.15) is 5.54 Å². The summed E-state index contributed by atoms with van der Waals surface area (Å²) in [5.41, 5.74) is -0.402. The molecule has 1 heterocycles. The fraction of sp³-hybridized carbons (Fsp3) is 0.929. The molecule has 1 fully saturated rings. The number of nitrogens with zero attached hydrogens (tertiary/aromatic N) is 3. The van der Waals surface area contributed by atoms with E-state index in [4.69, 9.17) is 0 Å². The third-order valence-corrected chi connectivity index (χ3v) is 3.84. The van der Waals surface area contributed by atoms with Crippen LogP contribution in [-0.2, 0) is 0 Å². The summed E-state index contributed by atoms with van der Waals surface area (Å²) in [7, 11) is 4.31. The largest absolute Gasteiger partial charge is 0.306 e. The number of nitriles is 1. The van der Waals surface area contributed by atoms with E-state index in [1.165, 1.54) is 12.8 Å². The molecular formula is C14H28N4. The van der Waals surface area contributed by atoms with E-state index in [0.29, 0.717) is 6.04 Å². The van der Waals surface area contributed by atoms with Crippen molar-refractivity contribution in [1.82, 2.24) is 15.1 Å². The second kappa shape index (κ2) is 7.08. The van der Waals surface area contributed by atoms with Crippen molar-refractivity contribution in [1.29, 1.82) is 5.26 Å². The summed E-state index contributed by atoms with van der Waals surface area (Å²) >= 11 is 0. The molecule has 0 spiro atoms. The zero-order valence-corrected chi connectivity index (χ0v) is 12.4. The number of rotatable bonds is 6. The van der Waals surface area contributed by atoms with E-state index in [1.54, 1.807) is 0 Å². The van der Waals surface area contributed by atoms with Gasteiger partial charge in [-0.05, 0) is 59.9 Å². The Balaban J connectivity index is 2.41. The van der Waals surface area contributed by atoms with Gasteiger partial charge in [-0.3, -0.25) is 5.32 Å². The highest BCUT2D eigenvalue weighted by atomic mass is 15.2. The quantitative estimate of drug-likeness (QED) is 0.773. The molecule has 4 heteroatoms. The molecule has 0 amide bonds. The highest BCUT2D eigenvalue weighted by molar-refractivity contribution is 5.06. The van der Waals surface area contributed by atoms with Crippen LogP contribution in [0, 0.1) is 11.3 Å². The predicted molar refractivity (Wildman–Crippen MR) is 75.5 cm³/mol. The molecule has 1 rings (SSSR count). The van der Waals surface area contributed by atoms with Crippen LogP contribution in [0.1, 0.15) is 33.1 Å². The van der Waals surface area contributed by atoms with Crippen molar-refractivity contribution in [3.05, 3.63) is 0 Å². The normalized spacial score (nSPS) is 21.8. The van der Waals surface area contributed by atoms with Gasteiger partial charge < -0.3 is 9.80 Å². The lowest BCUT2D eigenvalue weighted by molar-refractivity contribution is 0.127. The lowest BCUT2D eigenvalue weighted by Gasteiger charge is -2.38. The first kappa shape index (κ1) is 15.4. The van der Waals surface area contributed by atoms with Crippen LogP contribution in [0.2, 0.25) is 0 Å². The van der Waals surface area contributed by atoms with Gasteiger partial charge in [0.25, 0.3) is 0 Å². The number of nitrogens with one attached hydrogen (secondary N) is 1. The summed E-state index contributed by atoms with van der Waals surface area (Å²) < 4.78 is 0. The monoisotopic (exact) mass is 252 g/mol. The molecule has 0 aromatic rings. The van der Waals surface area contributed by atoms with Crippen LogP contribution in [0.25, 0.3) is 0 Å². The molecule has 0 saturated carbocycles. The highest BCUT2D eigenvalue weighted by Crippen LogP contribution is 2.16. The minimum Gasteiger partial charge on any atom is -0.306 e. The number of hydrogen-bond acceptors (Lipinski definition) is 4. The van der Waals surface area contributed by atoms with E-state index in [9.17, 15) is 5.26 Å². The standard InChI is InChI=1S/C14H28N4/c1-5-8-16-14(2,11-15)12-18-9-6-13(7-10-18)17(3)4/h13,16H,5-10,12H2,1-4H3. The summed E-state index contributed by atoms with van der Waals surface area (Å²) in [4.78, 5) is 4.74. The van der Waals surface area contributed by atoms with Crippen LogP contribution >= 0.6 is 0 Å². The second-order valence-corrected chi connectivity index (χ2v) is 5.84. The van der Waals surface area contributed by atoms with Crippen LogP contribution in [0.3, 0.4) is 0 Å². The Kier molecular flexibility index (Phi) is 6.07. The van der Waals surface area contributed by atoms with Crippen LogP contribution < -0.4 is 5.32 Å². The van der Waals surface area contributed by atoms with Gasteiger partial charge in [-0.25, -0.2) is 0 Å². The van der Waals surface area contributed by atoms with E-state index < -0.39 is 5.54 Å². The first-order valence-electron chi connectivity index (χ1n) is 7.06. The molecule has 0 bridgehead atoms. The number of hydrogen-bond donors (Lipinski definition) is 1. The average molecular weight is 252 g/mol. The zero-order chi connectivity index (χ0) is 13.6. The molecule has 1 saturated heterocycles. The Hall–Kier alpha value is -0.630. The topological polar surface area (TPSA) is 42.3 Å². The predicted octanol–water partition coefficient (Wildman–Crippen LogP) is 1.29. The number of piperidine rings is 1. The van der Waals surface area contributed by atoms with E-state index in [-0.39, 0.29) is 0 Å². The van der Waals surface area contributed by atoms with E-state index >= 15 is 0 Å². The van der Waals surface area contributed by atoms with Crippen molar-refractivity contribution in [2.24, 2.45) is 0 Å². The van der Waals surface area contributed by atoms with E-state index in [0.717, 1.165) is 32.6 Å². The third kappa shape index (κ3) is 4.56. The number of likely N-dealkylation sites (tertiary alicyclic amines) is 1. The van der Waals surface area contributed by atoms with Gasteiger partial charge in [0.2, 0.25) is 0 Å². The Labute approximate surface area is 112 Å². The first-order valence-corrected chi connectivity index (χ1v) is 7.06. The molecule has 1 N–H and O–H groups in total. The van der Waals surface area contributed by atoms with Gasteiger partial charge in [0.05, 0.1) is 6.07 Å². The Morgan fingerprint density at radius 1 is 1.39 bits per heavy atom. The summed E-state index contributed by atoms with van der Waals surface area (Å²) in [6, 6.07) is 3.14. The van der Waals surface area contributed by atoms with Crippen LogP contribution in [0.4, 0.5) is 0 Å². The lowest BCUT2D eigenvalue weighted by atomic mass is 9.99. The van der Waals surface area contributed by atoms with Gasteiger partial charge >= 0.3 is 0 Å². The van der Waals surface area contributed by atoms with Gasteiger partial charge in [-0.2, -0.15) is 5.26 Å². The third-order valence-electron chi connectivity index (χ3n) is 3.84. The maximum Gasteiger partial charge on any atom is 0.116 e. The lowest BCUT2D eigenvalue weighted by Crippen LogP contribution is -2.53. The molecular weight excluding hydrogens is 224 g/mol. The SMILES string of the molecule is CCCNC(C)(C#N)CN1CCC(N(C)C)CC1. The van der Waals surface area contributed by atoms with Crippen molar-refractivity contribution in [2.45, 2.75) is 44.7 Å².